The Labute approximate surface area is 105 Å². The Kier molecular flexibility index (Phi) is 3.02. The molecule has 0 aromatic carbocycles. The molecule has 92 valence electrons. The summed E-state index contributed by atoms with van der Waals surface area (Å²) in [5.41, 5.74) is 1.83. The quantitative estimate of drug-likeness (QED) is 0.798. The smallest absolute Gasteiger partial charge is 0.156 e. The van der Waals surface area contributed by atoms with Crippen LogP contribution in [0.1, 0.15) is 38.3 Å². The van der Waals surface area contributed by atoms with Gasteiger partial charge in [0.25, 0.3) is 0 Å². The predicted molar refractivity (Wildman–Crippen MR) is 66.6 cm³/mol. The second-order valence-corrected chi connectivity index (χ2v) is 5.35. The van der Waals surface area contributed by atoms with Gasteiger partial charge in [-0.1, -0.05) is 11.6 Å². The second kappa shape index (κ2) is 4.20. The van der Waals surface area contributed by atoms with Crippen LogP contribution in [0.25, 0.3) is 5.57 Å². The van der Waals surface area contributed by atoms with Crippen LogP contribution < -0.4 is 5.32 Å². The van der Waals surface area contributed by atoms with Crippen LogP contribution in [0, 0.1) is 0 Å². The van der Waals surface area contributed by atoms with Crippen molar-refractivity contribution in [2.24, 2.45) is 0 Å². The molecular formula is C12H15ClN2O2. The van der Waals surface area contributed by atoms with E-state index in [0.717, 1.165) is 17.5 Å². The number of rotatable bonds is 2. The van der Waals surface area contributed by atoms with Gasteiger partial charge in [0.15, 0.2) is 12.5 Å². The number of hydrogen-bond acceptors (Lipinski definition) is 3. The number of fused-ring (bicyclic) bond motifs is 1. The molecule has 0 saturated carbocycles. The normalized spacial score (nSPS) is 19.3. The van der Waals surface area contributed by atoms with Crippen molar-refractivity contribution in [1.29, 1.82) is 0 Å². The van der Waals surface area contributed by atoms with E-state index < -0.39 is 0 Å². The highest BCUT2D eigenvalue weighted by molar-refractivity contribution is 6.30. The van der Waals surface area contributed by atoms with Crippen molar-refractivity contribution in [3.63, 3.8) is 0 Å². The molecule has 2 N–H and O–H groups in total. The Morgan fingerprint density at radius 2 is 2.18 bits per heavy atom. The number of carbonyl (C=O) groups excluding carboxylic acids is 1. The molecule has 2 heterocycles. The van der Waals surface area contributed by atoms with Crippen LogP contribution in [0.4, 0.5) is 0 Å². The molecule has 2 rings (SSSR count). The largest absolute Gasteiger partial charge is 0.362 e. The average Bonchev–Trinajstić information content (AvgIpc) is 2.58. The molecule has 17 heavy (non-hydrogen) atoms. The molecule has 0 fully saturated rings. The lowest BCUT2D eigenvalue weighted by Crippen LogP contribution is -2.31. The lowest BCUT2D eigenvalue weighted by atomic mass is 10.1. The predicted octanol–water partition coefficient (Wildman–Crippen LogP) is 2.62. The van der Waals surface area contributed by atoms with Crippen molar-refractivity contribution in [3.8, 4) is 0 Å². The number of aromatic amines is 1. The lowest BCUT2D eigenvalue weighted by Gasteiger charge is -2.30. The molecule has 0 radical (unpaired) electrons. The zero-order valence-corrected chi connectivity index (χ0v) is 10.8. The number of allylic oxidation sites excluding steroid dienone is 1. The molecule has 4 nitrogen and oxygen atoms in total. The first-order valence-corrected chi connectivity index (χ1v) is 5.76. The zero-order chi connectivity index (χ0) is 12.6. The summed E-state index contributed by atoms with van der Waals surface area (Å²) in [6.45, 7) is 5.92. The number of halogens is 1. The topological polar surface area (TPSA) is 54.1 Å². The highest BCUT2D eigenvalue weighted by Gasteiger charge is 2.27. The van der Waals surface area contributed by atoms with Crippen molar-refractivity contribution >= 4 is 23.5 Å². The minimum atomic E-state index is -0.294. The SMILES string of the molecule is CC(C)(C)OC1NC=C(C=O)c2[nH]c(Cl)cc21. The van der Waals surface area contributed by atoms with Crippen LogP contribution in [0.3, 0.4) is 0 Å². The number of ether oxygens (including phenoxy) is 1. The third-order valence-electron chi connectivity index (χ3n) is 2.38. The van der Waals surface area contributed by atoms with Crippen LogP contribution in [0.2, 0.25) is 5.15 Å². The summed E-state index contributed by atoms with van der Waals surface area (Å²) in [6.07, 6.45) is 2.13. The van der Waals surface area contributed by atoms with Crippen molar-refractivity contribution in [2.75, 3.05) is 0 Å². The molecule has 1 aromatic rings. The Morgan fingerprint density at radius 3 is 2.76 bits per heavy atom. The van der Waals surface area contributed by atoms with Gasteiger partial charge >= 0.3 is 0 Å². The van der Waals surface area contributed by atoms with E-state index in [0.29, 0.717) is 10.7 Å². The number of aldehydes is 1. The maximum absolute atomic E-state index is 10.9. The first kappa shape index (κ1) is 12.2. The monoisotopic (exact) mass is 254 g/mol. The lowest BCUT2D eigenvalue weighted by molar-refractivity contribution is -0.103. The highest BCUT2D eigenvalue weighted by atomic mass is 35.5. The van der Waals surface area contributed by atoms with Gasteiger partial charge in [-0.15, -0.1) is 0 Å². The van der Waals surface area contributed by atoms with E-state index in [9.17, 15) is 4.79 Å². The van der Waals surface area contributed by atoms with E-state index in [1.165, 1.54) is 0 Å². The van der Waals surface area contributed by atoms with Crippen LogP contribution in [-0.2, 0) is 9.53 Å². The van der Waals surface area contributed by atoms with E-state index in [1.54, 1.807) is 12.3 Å². The van der Waals surface area contributed by atoms with Crippen LogP contribution in [-0.4, -0.2) is 16.9 Å². The molecule has 0 saturated heterocycles. The van der Waals surface area contributed by atoms with Gasteiger partial charge in [0.05, 0.1) is 16.9 Å². The van der Waals surface area contributed by atoms with Crippen LogP contribution >= 0.6 is 11.6 Å². The summed E-state index contributed by atoms with van der Waals surface area (Å²) in [5.74, 6) is 0. The summed E-state index contributed by atoms with van der Waals surface area (Å²) in [5, 5.41) is 3.55. The zero-order valence-electron chi connectivity index (χ0n) is 10.0. The van der Waals surface area contributed by atoms with Gasteiger partial charge in [-0.05, 0) is 26.8 Å². The first-order valence-electron chi connectivity index (χ1n) is 5.39. The third-order valence-corrected chi connectivity index (χ3v) is 2.58. The van der Waals surface area contributed by atoms with Gasteiger partial charge in [-0.3, -0.25) is 4.79 Å². The van der Waals surface area contributed by atoms with Crippen molar-refractivity contribution < 1.29 is 9.53 Å². The molecule has 0 spiro atoms. The minimum Gasteiger partial charge on any atom is -0.362 e. The van der Waals surface area contributed by atoms with E-state index in [2.05, 4.69) is 10.3 Å². The maximum atomic E-state index is 10.9. The van der Waals surface area contributed by atoms with Crippen molar-refractivity contribution in [2.45, 2.75) is 32.6 Å². The number of aromatic nitrogens is 1. The fraction of sp³-hybridized carbons (Fsp3) is 0.417. The van der Waals surface area contributed by atoms with Gasteiger partial charge in [0.2, 0.25) is 0 Å². The Balaban J connectivity index is 2.36. The summed E-state index contributed by atoms with van der Waals surface area (Å²) in [6, 6.07) is 1.77. The molecule has 1 unspecified atom stereocenters. The summed E-state index contributed by atoms with van der Waals surface area (Å²) in [4.78, 5) is 13.9. The number of hydrogen-bond donors (Lipinski definition) is 2. The van der Waals surface area contributed by atoms with E-state index in [1.807, 2.05) is 20.8 Å². The number of H-pyrrole nitrogens is 1. The number of nitrogens with one attached hydrogen (secondary N) is 2. The molecule has 1 aromatic heterocycles. The minimum absolute atomic E-state index is 0.287. The summed E-state index contributed by atoms with van der Waals surface area (Å²) < 4.78 is 5.86. The van der Waals surface area contributed by atoms with Crippen LogP contribution in [0.5, 0.6) is 0 Å². The second-order valence-electron chi connectivity index (χ2n) is 4.94. The standard InChI is InChI=1S/C12H15ClN2O2/c1-12(2,3)17-11-8-4-9(13)15-10(8)7(6-16)5-14-11/h4-6,11,14-15H,1-3H3. The molecule has 1 atom stereocenters. The summed E-state index contributed by atoms with van der Waals surface area (Å²) in [7, 11) is 0. The molecule has 1 aliphatic heterocycles. The van der Waals surface area contributed by atoms with E-state index >= 15 is 0 Å². The van der Waals surface area contributed by atoms with Crippen molar-refractivity contribution in [1.82, 2.24) is 10.3 Å². The Bertz CT molecular complexity index is 471. The molecule has 0 amide bonds. The molecule has 5 heteroatoms. The third kappa shape index (κ3) is 2.53. The molecule has 0 bridgehead atoms. The van der Waals surface area contributed by atoms with E-state index in [-0.39, 0.29) is 11.8 Å². The van der Waals surface area contributed by atoms with Gasteiger partial charge in [-0.2, -0.15) is 0 Å². The van der Waals surface area contributed by atoms with Gasteiger partial charge in [-0.25, -0.2) is 0 Å². The molecule has 0 aliphatic carbocycles. The summed E-state index contributed by atoms with van der Waals surface area (Å²) >= 11 is 5.93. The maximum Gasteiger partial charge on any atom is 0.156 e. The molecular weight excluding hydrogens is 240 g/mol. The molecule has 1 aliphatic rings. The Hall–Kier alpha value is -1.26. The highest BCUT2D eigenvalue weighted by Crippen LogP contribution is 2.33. The van der Waals surface area contributed by atoms with Gasteiger partial charge < -0.3 is 15.0 Å². The van der Waals surface area contributed by atoms with E-state index in [4.69, 9.17) is 16.3 Å². The van der Waals surface area contributed by atoms with Crippen molar-refractivity contribution in [3.05, 3.63) is 28.7 Å². The number of carbonyl (C=O) groups is 1. The Morgan fingerprint density at radius 1 is 1.47 bits per heavy atom. The average molecular weight is 255 g/mol. The fourth-order valence-corrected chi connectivity index (χ4v) is 1.97. The fourth-order valence-electron chi connectivity index (χ4n) is 1.75. The van der Waals surface area contributed by atoms with Gasteiger partial charge in [0, 0.05) is 11.8 Å². The first-order chi connectivity index (χ1) is 7.90. The van der Waals surface area contributed by atoms with Crippen LogP contribution in [0.15, 0.2) is 12.3 Å². The van der Waals surface area contributed by atoms with Gasteiger partial charge in [0.1, 0.15) is 5.15 Å².